The minimum atomic E-state index is 0. The van der Waals surface area contributed by atoms with Crippen LogP contribution in [-0.4, -0.2) is 10.8 Å². The summed E-state index contributed by atoms with van der Waals surface area (Å²) < 4.78 is 0. The second-order valence-corrected chi connectivity index (χ2v) is 1.64. The van der Waals surface area contributed by atoms with Gasteiger partial charge in [-0.2, -0.15) is 0 Å². The monoisotopic (exact) mass is 161 g/mol. The summed E-state index contributed by atoms with van der Waals surface area (Å²) in [4.78, 5) is 13.3. The first-order valence-electron chi connectivity index (χ1n) is 2.45. The third kappa shape index (κ3) is 2.05. The van der Waals surface area contributed by atoms with Crippen molar-refractivity contribution in [2.45, 2.75) is 6.92 Å². The van der Waals surface area contributed by atoms with Crippen LogP contribution in [0.15, 0.2) is 18.3 Å². The minimum Gasteiger partial charge on any atom is -0.359 e. The molecular weight excluding hydrogens is 154 g/mol. The summed E-state index contributed by atoms with van der Waals surface area (Å²) in [6, 6.07) is 3.55. The molecule has 0 aliphatic rings. The molecule has 0 saturated heterocycles. The van der Waals surface area contributed by atoms with Crippen molar-refractivity contribution < 1.29 is 22.2 Å². The quantitative estimate of drug-likeness (QED) is 0.617. The number of carbonyl (C=O) groups is 1. The molecule has 1 rings (SSSR count). The third-order valence-electron chi connectivity index (χ3n) is 0.977. The van der Waals surface area contributed by atoms with Gasteiger partial charge in [0, 0.05) is 30.5 Å². The van der Waals surface area contributed by atoms with Gasteiger partial charge in [-0.15, -0.1) is 0 Å². The minimum absolute atomic E-state index is 0. The zero-order chi connectivity index (χ0) is 5.98. The van der Waals surface area contributed by atoms with Gasteiger partial charge in [0.15, 0.2) is 5.78 Å². The van der Waals surface area contributed by atoms with E-state index in [1.165, 1.54) is 6.92 Å². The Morgan fingerprint density at radius 1 is 1.67 bits per heavy atom. The van der Waals surface area contributed by atoms with E-state index in [4.69, 9.17) is 0 Å². The van der Waals surface area contributed by atoms with Crippen molar-refractivity contribution in [3.8, 4) is 0 Å². The van der Waals surface area contributed by atoms with Crippen LogP contribution in [0.5, 0.6) is 0 Å². The standard InChI is InChI=1S/C6H7NO.Cr/c1-5(8)6-3-2-4-7-6;/h2-4,7H,1H3;. The van der Waals surface area contributed by atoms with E-state index in [2.05, 4.69) is 4.98 Å². The zero-order valence-electron chi connectivity index (χ0n) is 5.05. The van der Waals surface area contributed by atoms with E-state index in [-0.39, 0.29) is 23.1 Å². The van der Waals surface area contributed by atoms with Gasteiger partial charge in [-0.3, -0.25) is 4.79 Å². The van der Waals surface area contributed by atoms with E-state index >= 15 is 0 Å². The normalized spacial score (nSPS) is 8.11. The van der Waals surface area contributed by atoms with E-state index < -0.39 is 0 Å². The fourth-order valence-electron chi connectivity index (χ4n) is 0.549. The smallest absolute Gasteiger partial charge is 0.175 e. The van der Waals surface area contributed by atoms with Gasteiger partial charge >= 0.3 is 0 Å². The first kappa shape index (κ1) is 8.48. The van der Waals surface area contributed by atoms with Gasteiger partial charge in [0.1, 0.15) is 0 Å². The largest absolute Gasteiger partial charge is 0.359 e. The number of ketones is 1. The average molecular weight is 161 g/mol. The Balaban J connectivity index is 0.000000640. The second kappa shape index (κ2) is 3.50. The van der Waals surface area contributed by atoms with Crippen molar-refractivity contribution >= 4 is 5.78 Å². The average Bonchev–Trinajstić information content (AvgIpc) is 2.12. The summed E-state index contributed by atoms with van der Waals surface area (Å²) in [5.74, 6) is 0.0787. The van der Waals surface area contributed by atoms with Crippen LogP contribution in [0.25, 0.3) is 0 Å². The molecule has 0 spiro atoms. The Hall–Kier alpha value is -0.518. The van der Waals surface area contributed by atoms with E-state index in [9.17, 15) is 4.79 Å². The van der Waals surface area contributed by atoms with Crippen LogP contribution in [0.1, 0.15) is 17.4 Å². The fourth-order valence-corrected chi connectivity index (χ4v) is 0.549. The molecular formula is C6H7CrNO. The molecule has 48 valence electrons. The number of nitrogens with one attached hydrogen (secondary N) is 1. The number of hydrogen-bond donors (Lipinski definition) is 1. The van der Waals surface area contributed by atoms with E-state index in [0.29, 0.717) is 5.69 Å². The molecule has 1 heterocycles. The van der Waals surface area contributed by atoms with Gasteiger partial charge in [-0.25, -0.2) is 0 Å². The van der Waals surface area contributed by atoms with E-state index in [1.807, 2.05) is 0 Å². The van der Waals surface area contributed by atoms with Gasteiger partial charge in [-0.05, 0) is 12.1 Å². The van der Waals surface area contributed by atoms with Gasteiger partial charge in [0.05, 0.1) is 5.69 Å². The van der Waals surface area contributed by atoms with Crippen LogP contribution in [-0.2, 0) is 17.4 Å². The summed E-state index contributed by atoms with van der Waals surface area (Å²) in [6.07, 6.45) is 1.73. The number of carbonyl (C=O) groups excluding carboxylic acids is 1. The number of H-pyrrole nitrogens is 1. The van der Waals surface area contributed by atoms with Crippen LogP contribution in [0.4, 0.5) is 0 Å². The molecule has 2 nitrogen and oxygen atoms in total. The van der Waals surface area contributed by atoms with Crippen molar-refractivity contribution in [1.29, 1.82) is 0 Å². The Labute approximate surface area is 64.4 Å². The molecule has 3 heteroatoms. The molecule has 0 fully saturated rings. The Morgan fingerprint density at radius 2 is 2.33 bits per heavy atom. The molecule has 0 saturated carbocycles. The van der Waals surface area contributed by atoms with Crippen molar-refractivity contribution in [2.75, 3.05) is 0 Å². The predicted molar refractivity (Wildman–Crippen MR) is 30.8 cm³/mol. The first-order valence-corrected chi connectivity index (χ1v) is 2.45. The Morgan fingerprint density at radius 3 is 2.56 bits per heavy atom. The molecule has 0 unspecified atom stereocenters. The molecule has 0 aliphatic carbocycles. The second-order valence-electron chi connectivity index (χ2n) is 1.64. The maximum atomic E-state index is 10.5. The molecule has 1 aromatic rings. The van der Waals surface area contributed by atoms with E-state index in [1.54, 1.807) is 18.3 Å². The topological polar surface area (TPSA) is 32.9 Å². The summed E-state index contributed by atoms with van der Waals surface area (Å²) in [6.45, 7) is 1.53. The van der Waals surface area contributed by atoms with Crippen molar-refractivity contribution in [2.24, 2.45) is 0 Å². The molecule has 0 aliphatic heterocycles. The number of aromatic amines is 1. The maximum absolute atomic E-state index is 10.5. The van der Waals surface area contributed by atoms with Gasteiger partial charge in [0.2, 0.25) is 0 Å². The van der Waals surface area contributed by atoms with Gasteiger partial charge in [0.25, 0.3) is 0 Å². The summed E-state index contributed by atoms with van der Waals surface area (Å²) in [5.41, 5.74) is 0.671. The molecule has 1 aromatic heterocycles. The number of hydrogen-bond acceptors (Lipinski definition) is 1. The Bertz CT molecular complexity index is 181. The first-order chi connectivity index (χ1) is 3.80. The summed E-state index contributed by atoms with van der Waals surface area (Å²) in [7, 11) is 0. The third-order valence-corrected chi connectivity index (χ3v) is 0.977. The molecule has 1 N–H and O–H groups in total. The molecule has 0 amide bonds. The molecule has 0 radical (unpaired) electrons. The van der Waals surface area contributed by atoms with Gasteiger partial charge in [-0.1, -0.05) is 0 Å². The number of rotatable bonds is 1. The van der Waals surface area contributed by atoms with Crippen molar-refractivity contribution in [3.05, 3.63) is 24.0 Å². The summed E-state index contributed by atoms with van der Waals surface area (Å²) >= 11 is 0. The number of Topliss-reactive ketones (excluding diaryl/α,β-unsaturated/α-hetero) is 1. The Kier molecular flexibility index (Phi) is 3.30. The van der Waals surface area contributed by atoms with Crippen LogP contribution in [0, 0.1) is 0 Å². The summed E-state index contributed by atoms with van der Waals surface area (Å²) in [5, 5.41) is 0. The van der Waals surface area contributed by atoms with Crippen LogP contribution in [0.3, 0.4) is 0 Å². The number of aromatic nitrogens is 1. The van der Waals surface area contributed by atoms with Crippen LogP contribution >= 0.6 is 0 Å². The fraction of sp³-hybridized carbons (Fsp3) is 0.167. The maximum Gasteiger partial charge on any atom is 0.175 e. The van der Waals surface area contributed by atoms with Crippen molar-refractivity contribution in [3.63, 3.8) is 0 Å². The predicted octanol–water partition coefficient (Wildman–Crippen LogP) is 1.21. The SMILES string of the molecule is CC(=O)c1ccc[nH]1.[Cr]. The van der Waals surface area contributed by atoms with Crippen molar-refractivity contribution in [1.82, 2.24) is 4.98 Å². The van der Waals surface area contributed by atoms with Gasteiger partial charge < -0.3 is 4.98 Å². The zero-order valence-corrected chi connectivity index (χ0v) is 6.32. The molecule has 0 bridgehead atoms. The molecule has 0 aromatic carbocycles. The molecule has 0 atom stereocenters. The van der Waals surface area contributed by atoms with Crippen LogP contribution in [0.2, 0.25) is 0 Å². The van der Waals surface area contributed by atoms with E-state index in [0.717, 1.165) is 0 Å². The molecule has 9 heavy (non-hydrogen) atoms. The van der Waals surface area contributed by atoms with Crippen LogP contribution < -0.4 is 0 Å².